The van der Waals surface area contributed by atoms with Crippen molar-refractivity contribution in [2.24, 2.45) is 0 Å². The number of para-hydroxylation sites is 1. The Balaban J connectivity index is 1.80. The molecule has 1 atom stereocenters. The van der Waals surface area contributed by atoms with E-state index in [1.54, 1.807) is 24.3 Å². The van der Waals surface area contributed by atoms with Gasteiger partial charge >= 0.3 is 0 Å². The first kappa shape index (κ1) is 14.7. The molecule has 5 nitrogen and oxygen atoms in total. The van der Waals surface area contributed by atoms with E-state index >= 15 is 0 Å². The Kier molecular flexibility index (Phi) is 5.26. The predicted molar refractivity (Wildman–Crippen MR) is 74.9 cm³/mol. The van der Waals surface area contributed by atoms with E-state index in [0.29, 0.717) is 17.9 Å². The van der Waals surface area contributed by atoms with Crippen LogP contribution in [0.25, 0.3) is 0 Å². The van der Waals surface area contributed by atoms with Crippen molar-refractivity contribution in [3.63, 3.8) is 0 Å². The molecule has 1 aliphatic rings. The highest BCUT2D eigenvalue weighted by molar-refractivity contribution is 6.03. The maximum Gasteiger partial charge on any atom is 0.250 e. The summed E-state index contributed by atoms with van der Waals surface area (Å²) in [6.45, 7) is 2.64. The SMILES string of the molecule is CC(=O)c1ccccc1NC(=O)COCC1CCCO1. The molecule has 0 spiro atoms. The van der Waals surface area contributed by atoms with Crippen LogP contribution in [-0.2, 0) is 14.3 Å². The molecule has 108 valence electrons. The molecule has 1 aromatic carbocycles. The van der Waals surface area contributed by atoms with E-state index in [1.165, 1.54) is 6.92 Å². The molecular weight excluding hydrogens is 258 g/mol. The number of amides is 1. The van der Waals surface area contributed by atoms with Crippen LogP contribution in [0.5, 0.6) is 0 Å². The lowest BCUT2D eigenvalue weighted by molar-refractivity contribution is -0.121. The molecule has 2 rings (SSSR count). The van der Waals surface area contributed by atoms with Crippen LogP contribution in [0.2, 0.25) is 0 Å². The molecule has 1 N–H and O–H groups in total. The van der Waals surface area contributed by atoms with Gasteiger partial charge in [-0.3, -0.25) is 9.59 Å². The second-order valence-electron chi connectivity index (χ2n) is 4.80. The van der Waals surface area contributed by atoms with Crippen LogP contribution in [0.1, 0.15) is 30.1 Å². The zero-order chi connectivity index (χ0) is 14.4. The van der Waals surface area contributed by atoms with Gasteiger partial charge < -0.3 is 14.8 Å². The average Bonchev–Trinajstić information content (AvgIpc) is 2.92. The molecule has 1 saturated heterocycles. The van der Waals surface area contributed by atoms with Gasteiger partial charge in [-0.15, -0.1) is 0 Å². The molecule has 0 saturated carbocycles. The minimum Gasteiger partial charge on any atom is -0.376 e. The molecule has 1 aromatic rings. The monoisotopic (exact) mass is 277 g/mol. The highest BCUT2D eigenvalue weighted by Gasteiger charge is 2.16. The van der Waals surface area contributed by atoms with Gasteiger partial charge in [-0.2, -0.15) is 0 Å². The van der Waals surface area contributed by atoms with E-state index in [0.717, 1.165) is 19.4 Å². The third-order valence-electron chi connectivity index (χ3n) is 3.14. The second-order valence-corrected chi connectivity index (χ2v) is 4.80. The zero-order valence-corrected chi connectivity index (χ0v) is 11.6. The number of rotatable bonds is 6. The lowest BCUT2D eigenvalue weighted by atomic mass is 10.1. The number of ether oxygens (including phenoxy) is 2. The van der Waals surface area contributed by atoms with E-state index in [4.69, 9.17) is 9.47 Å². The number of hydrogen-bond acceptors (Lipinski definition) is 4. The minimum absolute atomic E-state index is 0.0356. The normalized spacial score (nSPS) is 17.9. The van der Waals surface area contributed by atoms with Gasteiger partial charge in [0.25, 0.3) is 0 Å². The smallest absolute Gasteiger partial charge is 0.250 e. The van der Waals surface area contributed by atoms with Gasteiger partial charge in [0.2, 0.25) is 5.91 Å². The van der Waals surface area contributed by atoms with E-state index in [1.807, 2.05) is 0 Å². The Morgan fingerprint density at radius 3 is 2.90 bits per heavy atom. The summed E-state index contributed by atoms with van der Waals surface area (Å²) in [7, 11) is 0. The van der Waals surface area contributed by atoms with Crippen molar-refractivity contribution in [1.29, 1.82) is 0 Å². The van der Waals surface area contributed by atoms with E-state index in [9.17, 15) is 9.59 Å². The highest BCUT2D eigenvalue weighted by atomic mass is 16.5. The number of carbonyl (C=O) groups is 2. The van der Waals surface area contributed by atoms with Crippen LogP contribution in [0.3, 0.4) is 0 Å². The standard InChI is InChI=1S/C15H19NO4/c1-11(17)13-6-2-3-7-14(13)16-15(18)10-19-9-12-5-4-8-20-12/h2-3,6-7,12H,4-5,8-10H2,1H3,(H,16,18). The van der Waals surface area contributed by atoms with Crippen molar-refractivity contribution in [3.05, 3.63) is 29.8 Å². The fourth-order valence-electron chi connectivity index (χ4n) is 2.14. The van der Waals surface area contributed by atoms with Gasteiger partial charge in [0, 0.05) is 12.2 Å². The molecule has 0 aliphatic carbocycles. The third-order valence-corrected chi connectivity index (χ3v) is 3.14. The van der Waals surface area contributed by atoms with E-state index in [2.05, 4.69) is 5.32 Å². The summed E-state index contributed by atoms with van der Waals surface area (Å²) in [6, 6.07) is 6.93. The average molecular weight is 277 g/mol. The van der Waals surface area contributed by atoms with Gasteiger partial charge in [0.1, 0.15) is 6.61 Å². The van der Waals surface area contributed by atoms with Crippen LogP contribution < -0.4 is 5.32 Å². The van der Waals surface area contributed by atoms with Crippen LogP contribution >= 0.6 is 0 Å². The number of carbonyl (C=O) groups excluding carboxylic acids is 2. The fourth-order valence-corrected chi connectivity index (χ4v) is 2.14. The molecule has 5 heteroatoms. The number of nitrogens with one attached hydrogen (secondary N) is 1. The van der Waals surface area contributed by atoms with Crippen molar-refractivity contribution in [2.45, 2.75) is 25.9 Å². The maximum absolute atomic E-state index is 11.8. The van der Waals surface area contributed by atoms with Crippen LogP contribution in [0.15, 0.2) is 24.3 Å². The number of anilines is 1. The summed E-state index contributed by atoms with van der Waals surface area (Å²) in [5, 5.41) is 2.69. The Hall–Kier alpha value is -1.72. The maximum atomic E-state index is 11.8. The molecule has 0 radical (unpaired) electrons. The lowest BCUT2D eigenvalue weighted by Gasteiger charge is -2.11. The summed E-state index contributed by atoms with van der Waals surface area (Å²) in [5.41, 5.74) is 1.02. The zero-order valence-electron chi connectivity index (χ0n) is 11.6. The largest absolute Gasteiger partial charge is 0.376 e. The van der Waals surface area contributed by atoms with Crippen molar-refractivity contribution in [2.75, 3.05) is 25.1 Å². The lowest BCUT2D eigenvalue weighted by Crippen LogP contribution is -2.23. The minimum atomic E-state index is -0.267. The van der Waals surface area contributed by atoms with Crippen molar-refractivity contribution >= 4 is 17.4 Å². The molecule has 1 heterocycles. The quantitative estimate of drug-likeness (QED) is 0.808. The third kappa shape index (κ3) is 4.15. The summed E-state index contributed by atoms with van der Waals surface area (Å²) in [6.07, 6.45) is 2.13. The van der Waals surface area contributed by atoms with Crippen molar-refractivity contribution < 1.29 is 19.1 Å². The first-order valence-electron chi connectivity index (χ1n) is 6.76. The Bertz CT molecular complexity index is 481. The Morgan fingerprint density at radius 2 is 2.20 bits per heavy atom. The molecule has 1 unspecified atom stereocenters. The topological polar surface area (TPSA) is 64.6 Å². The van der Waals surface area contributed by atoms with Crippen molar-refractivity contribution in [1.82, 2.24) is 0 Å². The Labute approximate surface area is 118 Å². The summed E-state index contributed by atoms with van der Waals surface area (Å²) < 4.78 is 10.7. The molecule has 1 aliphatic heterocycles. The van der Waals surface area contributed by atoms with Gasteiger partial charge in [0.05, 0.1) is 18.4 Å². The van der Waals surface area contributed by atoms with E-state index in [-0.39, 0.29) is 24.4 Å². The summed E-state index contributed by atoms with van der Waals surface area (Å²) in [5.74, 6) is -0.349. The molecule has 20 heavy (non-hydrogen) atoms. The number of hydrogen-bond donors (Lipinski definition) is 1. The first-order valence-corrected chi connectivity index (χ1v) is 6.76. The van der Waals surface area contributed by atoms with E-state index < -0.39 is 0 Å². The molecule has 1 fully saturated rings. The fraction of sp³-hybridized carbons (Fsp3) is 0.467. The molecule has 1 amide bonds. The van der Waals surface area contributed by atoms with Gasteiger partial charge in [-0.25, -0.2) is 0 Å². The van der Waals surface area contributed by atoms with Gasteiger partial charge in [-0.1, -0.05) is 12.1 Å². The number of benzene rings is 1. The Morgan fingerprint density at radius 1 is 1.40 bits per heavy atom. The van der Waals surface area contributed by atoms with Crippen molar-refractivity contribution in [3.8, 4) is 0 Å². The molecule has 0 aromatic heterocycles. The number of Topliss-reactive ketones (excluding diaryl/α,β-unsaturated/α-hetero) is 1. The number of ketones is 1. The molecule has 0 bridgehead atoms. The van der Waals surface area contributed by atoms with Crippen LogP contribution in [0, 0.1) is 0 Å². The highest BCUT2D eigenvalue weighted by Crippen LogP contribution is 2.15. The summed E-state index contributed by atoms with van der Waals surface area (Å²) in [4.78, 5) is 23.2. The van der Waals surface area contributed by atoms with Crippen LogP contribution in [-0.4, -0.2) is 37.6 Å². The molecular formula is C15H19NO4. The first-order chi connectivity index (χ1) is 9.66. The van der Waals surface area contributed by atoms with Crippen LogP contribution in [0.4, 0.5) is 5.69 Å². The second kappa shape index (κ2) is 7.17. The van der Waals surface area contributed by atoms with Gasteiger partial charge in [0.15, 0.2) is 5.78 Å². The summed E-state index contributed by atoms with van der Waals surface area (Å²) >= 11 is 0. The predicted octanol–water partition coefficient (Wildman–Crippen LogP) is 2.02. The van der Waals surface area contributed by atoms with Gasteiger partial charge in [-0.05, 0) is 31.9 Å².